The summed E-state index contributed by atoms with van der Waals surface area (Å²) < 4.78 is 9.65. The number of ether oxygens (including phenoxy) is 2. The Kier molecular flexibility index (Phi) is 3.87. The zero-order chi connectivity index (χ0) is 8.81. The Morgan fingerprint density at radius 3 is 2.83 bits per heavy atom. The smallest absolute Gasteiger partial charge is 0.406 e. The van der Waals surface area contributed by atoms with Gasteiger partial charge in [-0.3, -0.25) is 0 Å². The molecule has 0 aromatic carbocycles. The summed E-state index contributed by atoms with van der Waals surface area (Å²) in [6.07, 6.45) is 1.72. The monoisotopic (exact) mass is 173 g/mol. The van der Waals surface area contributed by atoms with Crippen LogP contribution in [0.15, 0.2) is 0 Å². The molecule has 70 valence electrons. The van der Waals surface area contributed by atoms with Crippen molar-refractivity contribution < 1.29 is 14.3 Å². The number of amides is 1. The quantitative estimate of drug-likeness (QED) is 0.671. The van der Waals surface area contributed by atoms with E-state index in [0.29, 0.717) is 12.5 Å². The van der Waals surface area contributed by atoms with Gasteiger partial charge in [0, 0.05) is 19.8 Å². The molecule has 0 aromatic heterocycles. The van der Waals surface area contributed by atoms with E-state index in [0.717, 1.165) is 26.1 Å². The first kappa shape index (κ1) is 9.32. The average molecular weight is 173 g/mol. The van der Waals surface area contributed by atoms with Gasteiger partial charge in [-0.15, -0.1) is 0 Å². The van der Waals surface area contributed by atoms with Crippen LogP contribution in [0.2, 0.25) is 0 Å². The maximum absolute atomic E-state index is 10.7. The molecule has 0 bridgehead atoms. The third kappa shape index (κ3) is 3.09. The van der Waals surface area contributed by atoms with Gasteiger partial charge in [0.15, 0.2) is 0 Å². The Hall–Kier alpha value is -0.770. The second kappa shape index (κ2) is 4.98. The first-order chi connectivity index (χ1) is 5.83. The third-order valence-corrected chi connectivity index (χ3v) is 2.06. The Bertz CT molecular complexity index is 143. The highest BCUT2D eigenvalue weighted by Gasteiger charge is 2.14. The van der Waals surface area contributed by atoms with Crippen LogP contribution in [0.25, 0.3) is 0 Å². The van der Waals surface area contributed by atoms with Crippen molar-refractivity contribution >= 4 is 6.09 Å². The van der Waals surface area contributed by atoms with Gasteiger partial charge < -0.3 is 14.8 Å². The molecule has 0 aromatic rings. The highest BCUT2D eigenvalue weighted by atomic mass is 16.5. The molecule has 1 aliphatic heterocycles. The van der Waals surface area contributed by atoms with Gasteiger partial charge in [0.05, 0.1) is 7.11 Å². The van der Waals surface area contributed by atoms with Gasteiger partial charge in [-0.25, -0.2) is 4.79 Å². The number of carbonyl (C=O) groups is 1. The number of hydrogen-bond donors (Lipinski definition) is 1. The first-order valence-corrected chi connectivity index (χ1v) is 4.22. The molecule has 0 aliphatic carbocycles. The summed E-state index contributed by atoms with van der Waals surface area (Å²) in [6.45, 7) is 2.33. The molecule has 1 saturated heterocycles. The van der Waals surface area contributed by atoms with Gasteiger partial charge in [-0.1, -0.05) is 0 Å². The van der Waals surface area contributed by atoms with E-state index >= 15 is 0 Å². The fraction of sp³-hybridized carbons (Fsp3) is 0.875. The van der Waals surface area contributed by atoms with Gasteiger partial charge in [0.25, 0.3) is 0 Å². The summed E-state index contributed by atoms with van der Waals surface area (Å²) in [7, 11) is 1.37. The number of hydrogen-bond acceptors (Lipinski definition) is 3. The maximum atomic E-state index is 10.7. The Morgan fingerprint density at radius 2 is 2.25 bits per heavy atom. The lowest BCUT2D eigenvalue weighted by Crippen LogP contribution is -2.31. The van der Waals surface area contributed by atoms with E-state index in [2.05, 4.69) is 10.1 Å². The van der Waals surface area contributed by atoms with E-state index in [1.165, 1.54) is 7.11 Å². The molecule has 1 N–H and O–H groups in total. The number of methoxy groups -OCH3 is 1. The average Bonchev–Trinajstić information content (AvgIpc) is 2.16. The molecule has 4 heteroatoms. The van der Waals surface area contributed by atoms with Crippen LogP contribution >= 0.6 is 0 Å². The van der Waals surface area contributed by atoms with Gasteiger partial charge in [0.2, 0.25) is 0 Å². The van der Waals surface area contributed by atoms with E-state index in [1.807, 2.05) is 0 Å². The highest BCUT2D eigenvalue weighted by molar-refractivity contribution is 5.66. The van der Waals surface area contributed by atoms with Crippen LogP contribution in [-0.2, 0) is 9.47 Å². The summed E-state index contributed by atoms with van der Waals surface area (Å²) >= 11 is 0. The molecule has 1 amide bonds. The van der Waals surface area contributed by atoms with Crippen LogP contribution in [0.4, 0.5) is 4.79 Å². The predicted octanol–water partition coefficient (Wildman–Crippen LogP) is 0.769. The first-order valence-electron chi connectivity index (χ1n) is 4.22. The van der Waals surface area contributed by atoms with E-state index < -0.39 is 0 Å². The van der Waals surface area contributed by atoms with Crippen molar-refractivity contribution in [1.82, 2.24) is 5.32 Å². The van der Waals surface area contributed by atoms with Crippen molar-refractivity contribution in [3.05, 3.63) is 0 Å². The number of alkyl carbamates (subject to hydrolysis) is 1. The molecule has 4 nitrogen and oxygen atoms in total. The molecule has 0 saturated carbocycles. The Morgan fingerprint density at radius 1 is 1.58 bits per heavy atom. The van der Waals surface area contributed by atoms with Crippen molar-refractivity contribution in [1.29, 1.82) is 0 Å². The summed E-state index contributed by atoms with van der Waals surface area (Å²) in [5.74, 6) is 0.554. The molecule has 0 atom stereocenters. The summed E-state index contributed by atoms with van der Waals surface area (Å²) in [5.41, 5.74) is 0. The molecule has 0 spiro atoms. The van der Waals surface area contributed by atoms with Crippen molar-refractivity contribution in [3.8, 4) is 0 Å². The zero-order valence-corrected chi connectivity index (χ0v) is 7.34. The van der Waals surface area contributed by atoms with E-state index in [9.17, 15) is 4.79 Å². The molecular formula is C8H15NO3. The normalized spacial score (nSPS) is 18.8. The van der Waals surface area contributed by atoms with Crippen LogP contribution in [0.3, 0.4) is 0 Å². The van der Waals surface area contributed by atoms with Crippen molar-refractivity contribution in [2.75, 3.05) is 26.9 Å². The molecule has 1 rings (SSSR count). The van der Waals surface area contributed by atoms with Gasteiger partial charge in [0.1, 0.15) is 0 Å². The maximum Gasteiger partial charge on any atom is 0.406 e. The highest BCUT2D eigenvalue weighted by Crippen LogP contribution is 2.12. The summed E-state index contributed by atoms with van der Waals surface area (Å²) in [4.78, 5) is 10.7. The Labute approximate surface area is 72.2 Å². The van der Waals surface area contributed by atoms with Crippen LogP contribution in [0.5, 0.6) is 0 Å². The predicted molar refractivity (Wildman–Crippen MR) is 44.0 cm³/mol. The van der Waals surface area contributed by atoms with E-state index in [-0.39, 0.29) is 6.09 Å². The van der Waals surface area contributed by atoms with Crippen LogP contribution in [0.1, 0.15) is 12.8 Å². The minimum absolute atomic E-state index is 0.346. The van der Waals surface area contributed by atoms with Gasteiger partial charge >= 0.3 is 6.09 Å². The molecule has 1 heterocycles. The summed E-state index contributed by atoms with van der Waals surface area (Å²) in [5, 5.41) is 2.69. The lowest BCUT2D eigenvalue weighted by Gasteiger charge is -2.21. The van der Waals surface area contributed by atoms with Crippen LogP contribution in [-0.4, -0.2) is 33.0 Å². The molecule has 0 radical (unpaired) electrons. The van der Waals surface area contributed by atoms with Crippen molar-refractivity contribution in [3.63, 3.8) is 0 Å². The minimum Gasteiger partial charge on any atom is -0.453 e. The number of nitrogens with one attached hydrogen (secondary N) is 1. The lowest BCUT2D eigenvalue weighted by atomic mass is 10.0. The minimum atomic E-state index is -0.346. The zero-order valence-electron chi connectivity index (χ0n) is 7.34. The van der Waals surface area contributed by atoms with Gasteiger partial charge in [-0.2, -0.15) is 0 Å². The van der Waals surface area contributed by atoms with Crippen LogP contribution in [0, 0.1) is 5.92 Å². The van der Waals surface area contributed by atoms with E-state index in [4.69, 9.17) is 4.74 Å². The van der Waals surface area contributed by atoms with Crippen molar-refractivity contribution in [2.24, 2.45) is 5.92 Å². The number of rotatable bonds is 2. The molecule has 1 aliphatic rings. The topological polar surface area (TPSA) is 47.6 Å². The standard InChI is InChI=1S/C8H15NO3/c1-11-8(10)9-6-7-2-4-12-5-3-7/h7H,2-6H2,1H3,(H,9,10). The second-order valence-corrected chi connectivity index (χ2v) is 2.93. The lowest BCUT2D eigenvalue weighted by molar-refractivity contribution is 0.0657. The molecule has 12 heavy (non-hydrogen) atoms. The van der Waals surface area contributed by atoms with E-state index in [1.54, 1.807) is 0 Å². The third-order valence-electron chi connectivity index (χ3n) is 2.06. The fourth-order valence-corrected chi connectivity index (χ4v) is 1.25. The number of carbonyl (C=O) groups excluding carboxylic acids is 1. The fourth-order valence-electron chi connectivity index (χ4n) is 1.25. The molecular weight excluding hydrogens is 158 g/mol. The molecule has 0 unspecified atom stereocenters. The van der Waals surface area contributed by atoms with Crippen LogP contribution < -0.4 is 5.32 Å². The largest absolute Gasteiger partial charge is 0.453 e. The molecule has 1 fully saturated rings. The SMILES string of the molecule is COC(=O)NCC1CCOCC1. The van der Waals surface area contributed by atoms with Crippen molar-refractivity contribution in [2.45, 2.75) is 12.8 Å². The Balaban J connectivity index is 2.09. The van der Waals surface area contributed by atoms with Gasteiger partial charge in [-0.05, 0) is 18.8 Å². The second-order valence-electron chi connectivity index (χ2n) is 2.93. The summed E-state index contributed by atoms with van der Waals surface area (Å²) in [6, 6.07) is 0.